The summed E-state index contributed by atoms with van der Waals surface area (Å²) >= 11 is 0. The van der Waals surface area contributed by atoms with Gasteiger partial charge in [-0.15, -0.1) is 5.10 Å². The Kier molecular flexibility index (Phi) is 9.12. The molecule has 4 aromatic carbocycles. The number of non-ortho nitro benzene ring substituents is 1. The number of anilines is 3. The second-order valence-corrected chi connectivity index (χ2v) is 18.8. The van der Waals surface area contributed by atoms with Crippen molar-refractivity contribution in [2.75, 3.05) is 16.4 Å². The van der Waals surface area contributed by atoms with Crippen LogP contribution in [0.2, 0.25) is 18.6 Å². The Bertz CT molecular complexity index is 2310. The molecule has 3 aliphatic rings. The lowest BCUT2D eigenvalue weighted by atomic mass is 9.82. The van der Waals surface area contributed by atoms with E-state index in [-0.39, 0.29) is 30.7 Å². The molecule has 2 amide bonds. The molecule has 0 saturated carbocycles. The molecular weight excluding hydrogens is 721 g/mol. The van der Waals surface area contributed by atoms with Crippen molar-refractivity contribution in [1.29, 1.82) is 0 Å². The van der Waals surface area contributed by atoms with E-state index in [1.54, 1.807) is 44.9 Å². The zero-order valence-electron chi connectivity index (χ0n) is 30.5. The van der Waals surface area contributed by atoms with E-state index >= 15 is 0 Å². The largest absolute Gasteiger partial charge is 0.454 e. The minimum atomic E-state index is -3.00. The van der Waals surface area contributed by atoms with Crippen LogP contribution in [0.5, 0.6) is 11.5 Å². The molecule has 55 heavy (non-hydrogen) atoms. The lowest BCUT2D eigenvalue weighted by molar-refractivity contribution is -0.385. The van der Waals surface area contributed by atoms with Crippen LogP contribution in [0.4, 0.5) is 22.7 Å². The van der Waals surface area contributed by atoms with Crippen molar-refractivity contribution in [2.45, 2.75) is 63.2 Å². The molecule has 3 aliphatic heterocycles. The Morgan fingerprint density at radius 1 is 0.964 bits per heavy atom. The number of benzene rings is 4. The van der Waals surface area contributed by atoms with E-state index in [1.165, 1.54) is 12.1 Å². The Labute approximate surface area is 317 Å². The van der Waals surface area contributed by atoms with Crippen LogP contribution in [0.1, 0.15) is 40.5 Å². The van der Waals surface area contributed by atoms with Crippen LogP contribution in [0, 0.1) is 16.0 Å². The first kappa shape index (κ1) is 36.2. The molecule has 15 heteroatoms. The summed E-state index contributed by atoms with van der Waals surface area (Å²) in [5.41, 5.74) is 1.77. The Balaban J connectivity index is 1.12. The van der Waals surface area contributed by atoms with E-state index in [4.69, 9.17) is 9.47 Å². The first-order valence-electron chi connectivity index (χ1n) is 18.2. The van der Waals surface area contributed by atoms with Crippen LogP contribution in [0.3, 0.4) is 0 Å². The lowest BCUT2D eigenvalue weighted by Crippen LogP contribution is -2.46. The topological polar surface area (TPSA) is 173 Å². The molecule has 4 heterocycles. The van der Waals surface area contributed by atoms with Crippen molar-refractivity contribution in [3.05, 3.63) is 130 Å². The van der Waals surface area contributed by atoms with Gasteiger partial charge in [-0.05, 0) is 67.5 Å². The van der Waals surface area contributed by atoms with Gasteiger partial charge in [0.2, 0.25) is 0 Å². The highest BCUT2D eigenvalue weighted by Crippen LogP contribution is 2.60. The van der Waals surface area contributed by atoms with Gasteiger partial charge in [0.05, 0.1) is 40.2 Å². The average molecular weight is 761 g/mol. The summed E-state index contributed by atoms with van der Waals surface area (Å²) in [5, 5.41) is 29.6. The molecule has 1 aromatic heterocycles. The maximum absolute atomic E-state index is 14.9. The average Bonchev–Trinajstić information content (AvgIpc) is 3.78. The molecule has 0 bridgehead atoms. The number of hydrogen-bond donors (Lipinski definition) is 2. The third-order valence-electron chi connectivity index (χ3n) is 11.0. The SMILES string of the molecule is C[C@@H]1[C@@H]([Si](C)(C)O)[C@H](CCn2cc(CCO)nn2)O[C@@]12C(=O)N(Cc1ccc(N3C(=O)c4ccccc4Oc4ccccc43)cc1)c1ccc([N+](=O)[O-])cc12. The Morgan fingerprint density at radius 2 is 1.69 bits per heavy atom. The van der Waals surface area contributed by atoms with E-state index in [9.17, 15) is 29.6 Å². The van der Waals surface area contributed by atoms with Gasteiger partial charge in [0, 0.05) is 60.6 Å². The number of aliphatic hydroxyl groups excluding tert-OH is 1. The van der Waals surface area contributed by atoms with E-state index in [1.807, 2.05) is 74.6 Å². The number of ether oxygens (including phenoxy) is 2. The van der Waals surface area contributed by atoms with Gasteiger partial charge in [-0.25, -0.2) is 0 Å². The van der Waals surface area contributed by atoms with Crippen LogP contribution < -0.4 is 14.5 Å². The van der Waals surface area contributed by atoms with Crippen molar-refractivity contribution < 1.29 is 33.9 Å². The predicted octanol–water partition coefficient (Wildman–Crippen LogP) is 6.24. The van der Waals surface area contributed by atoms with Crippen molar-refractivity contribution in [3.63, 3.8) is 0 Å². The second-order valence-electron chi connectivity index (χ2n) is 14.8. The minimum Gasteiger partial charge on any atom is -0.454 e. The number of aryl methyl sites for hydroxylation is 1. The molecule has 0 unspecified atom stereocenters. The number of fused-ring (bicyclic) bond motifs is 4. The van der Waals surface area contributed by atoms with Crippen molar-refractivity contribution in [3.8, 4) is 11.5 Å². The highest BCUT2D eigenvalue weighted by Gasteiger charge is 2.66. The van der Waals surface area contributed by atoms with Gasteiger partial charge < -0.3 is 24.3 Å². The van der Waals surface area contributed by atoms with Gasteiger partial charge >= 0.3 is 0 Å². The number of nitro benzene ring substituents is 1. The van der Waals surface area contributed by atoms with E-state index in [0.29, 0.717) is 64.8 Å². The van der Waals surface area contributed by atoms with Crippen LogP contribution >= 0.6 is 0 Å². The van der Waals surface area contributed by atoms with E-state index < -0.39 is 36.4 Å². The number of aromatic nitrogens is 3. The van der Waals surface area contributed by atoms with Crippen LogP contribution in [-0.4, -0.2) is 62.7 Å². The maximum atomic E-state index is 14.9. The number of para-hydroxylation sites is 3. The smallest absolute Gasteiger partial charge is 0.269 e. The summed E-state index contributed by atoms with van der Waals surface area (Å²) in [6, 6.07) is 26.2. The van der Waals surface area contributed by atoms with E-state index in [0.717, 1.165) is 5.56 Å². The summed E-state index contributed by atoms with van der Waals surface area (Å²) < 4.78 is 14.7. The molecule has 1 spiro atoms. The quantitative estimate of drug-likeness (QED) is 0.0943. The van der Waals surface area contributed by atoms with Crippen LogP contribution in [0.15, 0.2) is 97.2 Å². The highest BCUT2D eigenvalue weighted by atomic mass is 28.4. The van der Waals surface area contributed by atoms with Gasteiger partial charge in [0.15, 0.2) is 19.7 Å². The molecule has 4 atom stereocenters. The number of nitrogens with zero attached hydrogens (tertiary/aromatic N) is 6. The number of amides is 2. The normalized spacial score (nSPS) is 21.7. The predicted molar refractivity (Wildman–Crippen MR) is 205 cm³/mol. The first-order chi connectivity index (χ1) is 26.4. The lowest BCUT2D eigenvalue weighted by Gasteiger charge is -2.32. The summed E-state index contributed by atoms with van der Waals surface area (Å²) in [4.78, 5) is 55.4. The molecular formula is C40H40N6O8Si. The van der Waals surface area contributed by atoms with Crippen LogP contribution in [0.25, 0.3) is 0 Å². The van der Waals surface area contributed by atoms with Crippen molar-refractivity contribution >= 4 is 42.9 Å². The molecule has 1 fully saturated rings. The van der Waals surface area contributed by atoms with Crippen molar-refractivity contribution in [1.82, 2.24) is 15.0 Å². The maximum Gasteiger partial charge on any atom is 0.269 e. The first-order valence-corrected chi connectivity index (χ1v) is 21.2. The fourth-order valence-electron chi connectivity index (χ4n) is 8.54. The summed E-state index contributed by atoms with van der Waals surface area (Å²) in [7, 11) is -3.00. The number of nitro groups is 1. The van der Waals surface area contributed by atoms with Crippen molar-refractivity contribution in [2.24, 2.45) is 5.92 Å². The molecule has 0 aliphatic carbocycles. The molecule has 2 N–H and O–H groups in total. The number of hydrogen-bond acceptors (Lipinski definition) is 10. The summed E-state index contributed by atoms with van der Waals surface area (Å²) in [5.74, 6) is -0.133. The number of aliphatic hydroxyl groups is 1. The van der Waals surface area contributed by atoms with Crippen LogP contribution in [-0.2, 0) is 34.6 Å². The van der Waals surface area contributed by atoms with Gasteiger partial charge in [0.25, 0.3) is 17.5 Å². The molecule has 5 aromatic rings. The summed E-state index contributed by atoms with van der Waals surface area (Å²) in [6.07, 6.45) is 1.96. The molecule has 8 rings (SSSR count). The molecule has 14 nitrogen and oxygen atoms in total. The van der Waals surface area contributed by atoms with E-state index in [2.05, 4.69) is 10.3 Å². The fourth-order valence-corrected chi connectivity index (χ4v) is 11.1. The number of carbonyl (C=O) groups excluding carboxylic acids is 2. The van der Waals surface area contributed by atoms with Gasteiger partial charge in [-0.2, -0.15) is 0 Å². The van der Waals surface area contributed by atoms with Gasteiger partial charge in [0.1, 0.15) is 5.75 Å². The third-order valence-corrected chi connectivity index (χ3v) is 13.5. The highest BCUT2D eigenvalue weighted by molar-refractivity contribution is 6.71. The third kappa shape index (κ3) is 6.18. The zero-order chi connectivity index (χ0) is 38.6. The standard InChI is InChI=1S/C40H40N6O8Si/c1-25-37(55(2,3)52)36(18-20-43-24-27(19-21-47)41-42-43)54-40(25)31-22-29(46(50)51)16-17-32(31)44(39(40)49)23-26-12-14-28(15-13-26)45-33-9-5-7-11-35(33)53-34-10-6-4-8-30(34)38(45)48/h4-17,22,24-25,36-37,47,52H,18-21,23H2,1-3H3/t25-,36+,37-,40+/m1/s1. The number of rotatable bonds is 10. The molecule has 0 radical (unpaired) electrons. The van der Waals surface area contributed by atoms with Gasteiger partial charge in [-0.1, -0.05) is 48.5 Å². The van der Waals surface area contributed by atoms with Gasteiger partial charge in [-0.3, -0.25) is 29.3 Å². The minimum absolute atomic E-state index is 0.0533. The Morgan fingerprint density at radius 3 is 2.42 bits per heavy atom. The molecule has 282 valence electrons. The second kappa shape index (κ2) is 13.8. The zero-order valence-corrected chi connectivity index (χ0v) is 31.5. The Hall–Kier alpha value is -5.74. The number of carbonyl (C=O) groups is 2. The molecule has 1 saturated heterocycles. The summed E-state index contributed by atoms with van der Waals surface area (Å²) in [6.45, 7) is 6.00. The fraction of sp³-hybridized carbons (Fsp3) is 0.300. The monoisotopic (exact) mass is 760 g/mol.